The van der Waals surface area contributed by atoms with E-state index in [9.17, 15) is 4.79 Å². The van der Waals surface area contributed by atoms with Gasteiger partial charge in [-0.3, -0.25) is 4.79 Å². The van der Waals surface area contributed by atoms with Crippen LogP contribution in [0.1, 0.15) is 49.4 Å². The number of methoxy groups -OCH3 is 1. The molecule has 0 heterocycles. The first-order valence-corrected chi connectivity index (χ1v) is 8.11. The van der Waals surface area contributed by atoms with Crippen LogP contribution in [0.15, 0.2) is 22.7 Å². The van der Waals surface area contributed by atoms with Crippen LogP contribution in [-0.2, 0) is 0 Å². The summed E-state index contributed by atoms with van der Waals surface area (Å²) in [7, 11) is 1.62. The van der Waals surface area contributed by atoms with Crippen LogP contribution in [0.3, 0.4) is 0 Å². The standard InChI is InChI=1S/C16H22BrNO2/c1-3-18(12-7-5-4-6-8-12)16(19)14-11-13(20-2)9-10-15(14)17/h9-12H,3-8H2,1-2H3. The van der Waals surface area contributed by atoms with E-state index in [0.717, 1.165) is 29.6 Å². The lowest BCUT2D eigenvalue weighted by Gasteiger charge is -2.34. The van der Waals surface area contributed by atoms with E-state index < -0.39 is 0 Å². The minimum atomic E-state index is 0.102. The van der Waals surface area contributed by atoms with E-state index in [4.69, 9.17) is 4.74 Å². The molecule has 1 amide bonds. The molecule has 2 rings (SSSR count). The van der Waals surface area contributed by atoms with Crippen LogP contribution >= 0.6 is 15.9 Å². The normalized spacial score (nSPS) is 15.9. The third-order valence-corrected chi connectivity index (χ3v) is 4.71. The van der Waals surface area contributed by atoms with Crippen LogP contribution in [0.2, 0.25) is 0 Å². The molecular formula is C16H22BrNO2. The number of nitrogens with zero attached hydrogens (tertiary/aromatic N) is 1. The molecular weight excluding hydrogens is 318 g/mol. The first kappa shape index (κ1) is 15.4. The predicted molar refractivity (Wildman–Crippen MR) is 84.3 cm³/mol. The average Bonchev–Trinajstić information content (AvgIpc) is 2.49. The summed E-state index contributed by atoms with van der Waals surface area (Å²) in [5.74, 6) is 0.821. The lowest BCUT2D eigenvalue weighted by molar-refractivity contribution is 0.0646. The summed E-state index contributed by atoms with van der Waals surface area (Å²) in [6.07, 6.45) is 6.01. The lowest BCUT2D eigenvalue weighted by atomic mass is 9.93. The molecule has 0 saturated heterocycles. The Hall–Kier alpha value is -1.03. The average molecular weight is 340 g/mol. The van der Waals surface area contributed by atoms with E-state index in [2.05, 4.69) is 22.9 Å². The number of benzene rings is 1. The van der Waals surface area contributed by atoms with Crippen molar-refractivity contribution in [2.45, 2.75) is 45.1 Å². The second kappa shape index (κ2) is 7.11. The van der Waals surface area contributed by atoms with Crippen molar-refractivity contribution < 1.29 is 9.53 Å². The van der Waals surface area contributed by atoms with Crippen molar-refractivity contribution in [1.82, 2.24) is 4.90 Å². The molecule has 110 valence electrons. The van der Waals surface area contributed by atoms with Gasteiger partial charge >= 0.3 is 0 Å². The number of amides is 1. The zero-order chi connectivity index (χ0) is 14.5. The van der Waals surface area contributed by atoms with Crippen LogP contribution in [0.5, 0.6) is 5.75 Å². The number of hydrogen-bond acceptors (Lipinski definition) is 2. The number of carbonyl (C=O) groups excluding carboxylic acids is 1. The topological polar surface area (TPSA) is 29.5 Å². The number of ether oxygens (including phenoxy) is 1. The fourth-order valence-corrected chi connectivity index (χ4v) is 3.33. The molecule has 0 unspecified atom stereocenters. The summed E-state index contributed by atoms with van der Waals surface area (Å²) >= 11 is 3.48. The molecule has 1 aromatic rings. The number of rotatable bonds is 4. The number of carbonyl (C=O) groups is 1. The molecule has 0 N–H and O–H groups in total. The Morgan fingerprint density at radius 2 is 2.05 bits per heavy atom. The fraction of sp³-hybridized carbons (Fsp3) is 0.562. The highest BCUT2D eigenvalue weighted by molar-refractivity contribution is 9.10. The maximum absolute atomic E-state index is 12.8. The van der Waals surface area contributed by atoms with Gasteiger partial charge in [0, 0.05) is 17.1 Å². The van der Waals surface area contributed by atoms with E-state index in [1.165, 1.54) is 19.3 Å². The van der Waals surface area contributed by atoms with Gasteiger partial charge < -0.3 is 9.64 Å². The van der Waals surface area contributed by atoms with Crippen molar-refractivity contribution in [3.05, 3.63) is 28.2 Å². The van der Waals surface area contributed by atoms with Gasteiger partial charge in [-0.1, -0.05) is 19.3 Å². The zero-order valence-electron chi connectivity index (χ0n) is 12.2. The first-order valence-electron chi connectivity index (χ1n) is 7.32. The smallest absolute Gasteiger partial charge is 0.255 e. The first-order chi connectivity index (χ1) is 9.67. The van der Waals surface area contributed by atoms with Crippen LogP contribution in [-0.4, -0.2) is 30.5 Å². The van der Waals surface area contributed by atoms with Gasteiger partial charge in [-0.2, -0.15) is 0 Å². The third kappa shape index (κ3) is 3.35. The summed E-state index contributed by atoms with van der Waals surface area (Å²) < 4.78 is 6.06. The summed E-state index contributed by atoms with van der Waals surface area (Å²) in [4.78, 5) is 14.8. The van der Waals surface area contributed by atoms with Crippen molar-refractivity contribution in [2.75, 3.05) is 13.7 Å². The molecule has 3 nitrogen and oxygen atoms in total. The Morgan fingerprint density at radius 1 is 1.35 bits per heavy atom. The molecule has 1 saturated carbocycles. The summed E-state index contributed by atoms with van der Waals surface area (Å²) in [6.45, 7) is 2.81. The van der Waals surface area contributed by atoms with Crippen LogP contribution in [0, 0.1) is 0 Å². The Bertz CT molecular complexity index is 470. The van der Waals surface area contributed by atoms with E-state index in [-0.39, 0.29) is 5.91 Å². The molecule has 0 aliphatic heterocycles. The fourth-order valence-electron chi connectivity index (χ4n) is 2.91. The predicted octanol–water partition coefficient (Wildman–Crippen LogP) is 4.25. The highest BCUT2D eigenvalue weighted by atomic mass is 79.9. The van der Waals surface area contributed by atoms with Gasteiger partial charge in [-0.15, -0.1) is 0 Å². The summed E-state index contributed by atoms with van der Waals surface area (Å²) in [6, 6.07) is 5.94. The number of hydrogen-bond donors (Lipinski definition) is 0. The van der Waals surface area contributed by atoms with Crippen LogP contribution < -0.4 is 4.74 Å². The van der Waals surface area contributed by atoms with E-state index in [1.54, 1.807) is 7.11 Å². The van der Waals surface area contributed by atoms with Crippen LogP contribution in [0.25, 0.3) is 0 Å². The third-order valence-electron chi connectivity index (χ3n) is 4.02. The molecule has 0 spiro atoms. The second-order valence-corrected chi connectivity index (χ2v) is 6.08. The van der Waals surface area contributed by atoms with Crippen molar-refractivity contribution in [3.63, 3.8) is 0 Å². The van der Waals surface area contributed by atoms with E-state index in [0.29, 0.717) is 11.6 Å². The Labute approximate surface area is 129 Å². The van der Waals surface area contributed by atoms with Gasteiger partial charge in [0.2, 0.25) is 0 Å². The van der Waals surface area contributed by atoms with E-state index in [1.807, 2.05) is 23.1 Å². The van der Waals surface area contributed by atoms with Gasteiger partial charge in [0.15, 0.2) is 0 Å². The molecule has 4 heteroatoms. The van der Waals surface area contributed by atoms with Gasteiger partial charge in [0.1, 0.15) is 5.75 Å². The maximum Gasteiger partial charge on any atom is 0.255 e. The molecule has 1 aromatic carbocycles. The van der Waals surface area contributed by atoms with Crippen molar-refractivity contribution in [3.8, 4) is 5.75 Å². The molecule has 1 fully saturated rings. The summed E-state index contributed by atoms with van der Waals surface area (Å²) in [5.41, 5.74) is 0.691. The van der Waals surface area contributed by atoms with Gasteiger partial charge in [0.25, 0.3) is 5.91 Å². The number of halogens is 1. The van der Waals surface area contributed by atoms with Gasteiger partial charge in [0.05, 0.1) is 12.7 Å². The van der Waals surface area contributed by atoms with Crippen molar-refractivity contribution >= 4 is 21.8 Å². The molecule has 0 radical (unpaired) electrons. The molecule has 1 aliphatic carbocycles. The molecule has 20 heavy (non-hydrogen) atoms. The van der Waals surface area contributed by atoms with Crippen molar-refractivity contribution in [2.24, 2.45) is 0 Å². The van der Waals surface area contributed by atoms with Gasteiger partial charge in [-0.25, -0.2) is 0 Å². The minimum absolute atomic E-state index is 0.102. The van der Waals surface area contributed by atoms with Gasteiger partial charge in [-0.05, 0) is 53.9 Å². The molecule has 0 aromatic heterocycles. The minimum Gasteiger partial charge on any atom is -0.497 e. The highest BCUT2D eigenvalue weighted by Crippen LogP contribution is 2.28. The molecule has 1 aliphatic rings. The largest absolute Gasteiger partial charge is 0.497 e. The SMILES string of the molecule is CCN(C(=O)c1cc(OC)ccc1Br)C1CCCCC1. The quantitative estimate of drug-likeness (QED) is 0.820. The Morgan fingerprint density at radius 3 is 2.65 bits per heavy atom. The van der Waals surface area contributed by atoms with Crippen LogP contribution in [0.4, 0.5) is 0 Å². The maximum atomic E-state index is 12.8. The Balaban J connectivity index is 2.23. The zero-order valence-corrected chi connectivity index (χ0v) is 13.8. The highest BCUT2D eigenvalue weighted by Gasteiger charge is 2.26. The monoisotopic (exact) mass is 339 g/mol. The Kier molecular flexibility index (Phi) is 5.46. The summed E-state index contributed by atoms with van der Waals surface area (Å²) in [5, 5.41) is 0. The second-order valence-electron chi connectivity index (χ2n) is 5.23. The molecule has 0 bridgehead atoms. The lowest BCUT2D eigenvalue weighted by Crippen LogP contribution is -2.41. The molecule has 0 atom stereocenters. The van der Waals surface area contributed by atoms with E-state index >= 15 is 0 Å². The van der Waals surface area contributed by atoms with Crippen molar-refractivity contribution in [1.29, 1.82) is 0 Å².